The predicted molar refractivity (Wildman–Crippen MR) is 46.6 cm³/mol. The van der Waals surface area contributed by atoms with Gasteiger partial charge in [-0.25, -0.2) is 0 Å². The number of hydrogen-bond acceptors (Lipinski definition) is 4. The maximum absolute atomic E-state index is 5.66. The summed E-state index contributed by atoms with van der Waals surface area (Å²) in [5.41, 5.74) is 0. The average Bonchev–Trinajstić information content (AvgIpc) is 2.59. The Bertz CT molecular complexity index is 219. The molecule has 66 valence electrons. The van der Waals surface area contributed by atoms with E-state index in [2.05, 4.69) is 4.37 Å². The Labute approximate surface area is 75.5 Å². The first-order valence-corrected chi connectivity index (χ1v) is 4.92. The van der Waals surface area contributed by atoms with E-state index in [1.165, 1.54) is 11.5 Å². The lowest BCUT2D eigenvalue weighted by molar-refractivity contribution is 0.0256. The summed E-state index contributed by atoms with van der Waals surface area (Å²) in [6.45, 7) is 1.64. The van der Waals surface area contributed by atoms with Gasteiger partial charge in [0.1, 0.15) is 11.9 Å². The summed E-state index contributed by atoms with van der Waals surface area (Å²) in [4.78, 5) is 0. The van der Waals surface area contributed by atoms with Crippen LogP contribution in [-0.2, 0) is 4.74 Å². The number of ether oxygens (including phenoxy) is 2. The van der Waals surface area contributed by atoms with Crippen LogP contribution in [0.25, 0.3) is 0 Å². The van der Waals surface area contributed by atoms with Gasteiger partial charge in [-0.05, 0) is 11.5 Å². The van der Waals surface area contributed by atoms with Crippen molar-refractivity contribution in [2.75, 3.05) is 13.2 Å². The van der Waals surface area contributed by atoms with Crippen molar-refractivity contribution in [2.24, 2.45) is 0 Å². The van der Waals surface area contributed by atoms with Crippen LogP contribution in [0.3, 0.4) is 0 Å². The van der Waals surface area contributed by atoms with Crippen molar-refractivity contribution in [1.82, 2.24) is 4.37 Å². The Hall–Kier alpha value is -0.610. The summed E-state index contributed by atoms with van der Waals surface area (Å²) in [5, 5.41) is 1.93. The van der Waals surface area contributed by atoms with E-state index < -0.39 is 0 Å². The monoisotopic (exact) mass is 185 g/mol. The van der Waals surface area contributed by atoms with E-state index in [4.69, 9.17) is 9.47 Å². The molecule has 0 atom stereocenters. The molecular formula is C8H11NO2S. The molecule has 1 aromatic heterocycles. The standard InChI is InChI=1S/C8H11NO2S/c1-3-10-4-2-7(1)11-8-5-9-12-6-8/h5-7H,1-4H2. The molecule has 0 spiro atoms. The molecule has 1 aliphatic heterocycles. The second kappa shape index (κ2) is 3.87. The van der Waals surface area contributed by atoms with E-state index in [0.717, 1.165) is 31.8 Å². The van der Waals surface area contributed by atoms with E-state index in [1.807, 2.05) is 5.38 Å². The van der Waals surface area contributed by atoms with Gasteiger partial charge in [0.25, 0.3) is 0 Å². The largest absolute Gasteiger partial charge is 0.488 e. The van der Waals surface area contributed by atoms with Gasteiger partial charge in [0.2, 0.25) is 0 Å². The van der Waals surface area contributed by atoms with Crippen LogP contribution in [0, 0.1) is 0 Å². The van der Waals surface area contributed by atoms with Crippen molar-refractivity contribution in [3.05, 3.63) is 11.6 Å². The molecular weight excluding hydrogens is 174 g/mol. The van der Waals surface area contributed by atoms with Crippen LogP contribution in [0.2, 0.25) is 0 Å². The van der Waals surface area contributed by atoms with Gasteiger partial charge in [-0.15, -0.1) is 0 Å². The van der Waals surface area contributed by atoms with Crippen molar-refractivity contribution in [3.8, 4) is 5.75 Å². The molecule has 1 fully saturated rings. The normalized spacial score (nSPS) is 19.3. The van der Waals surface area contributed by atoms with Crippen molar-refractivity contribution >= 4 is 11.5 Å². The molecule has 4 heteroatoms. The van der Waals surface area contributed by atoms with Crippen LogP contribution in [0.5, 0.6) is 5.75 Å². The van der Waals surface area contributed by atoms with E-state index in [9.17, 15) is 0 Å². The smallest absolute Gasteiger partial charge is 0.150 e. The molecule has 2 heterocycles. The minimum atomic E-state index is 0.329. The summed E-state index contributed by atoms with van der Waals surface area (Å²) < 4.78 is 14.9. The van der Waals surface area contributed by atoms with Crippen molar-refractivity contribution in [2.45, 2.75) is 18.9 Å². The first-order valence-electron chi connectivity index (χ1n) is 4.09. The molecule has 1 saturated heterocycles. The highest BCUT2D eigenvalue weighted by Gasteiger charge is 2.15. The van der Waals surface area contributed by atoms with Crippen LogP contribution >= 0.6 is 11.5 Å². The molecule has 0 N–H and O–H groups in total. The Morgan fingerprint density at radius 3 is 3.00 bits per heavy atom. The number of aromatic nitrogens is 1. The highest BCUT2D eigenvalue weighted by atomic mass is 32.1. The van der Waals surface area contributed by atoms with Gasteiger partial charge in [-0.1, -0.05) is 0 Å². The Kier molecular flexibility index (Phi) is 2.58. The fraction of sp³-hybridized carbons (Fsp3) is 0.625. The molecule has 1 aliphatic rings. The first-order chi connectivity index (χ1) is 5.95. The minimum Gasteiger partial charge on any atom is -0.488 e. The fourth-order valence-corrected chi connectivity index (χ4v) is 1.69. The van der Waals surface area contributed by atoms with Gasteiger partial charge in [-0.2, -0.15) is 4.37 Å². The maximum Gasteiger partial charge on any atom is 0.150 e. The number of nitrogens with zero attached hydrogens (tertiary/aromatic N) is 1. The third kappa shape index (κ3) is 1.95. The van der Waals surface area contributed by atoms with Crippen LogP contribution in [0.1, 0.15) is 12.8 Å². The van der Waals surface area contributed by atoms with Crippen molar-refractivity contribution in [1.29, 1.82) is 0 Å². The molecule has 0 radical (unpaired) electrons. The van der Waals surface area contributed by atoms with E-state index >= 15 is 0 Å². The van der Waals surface area contributed by atoms with Gasteiger partial charge < -0.3 is 9.47 Å². The second-order valence-corrected chi connectivity index (χ2v) is 3.45. The van der Waals surface area contributed by atoms with Gasteiger partial charge in [0.05, 0.1) is 24.8 Å². The summed E-state index contributed by atoms with van der Waals surface area (Å²) in [6.07, 6.45) is 4.08. The molecule has 0 unspecified atom stereocenters. The lowest BCUT2D eigenvalue weighted by Crippen LogP contribution is -2.25. The van der Waals surface area contributed by atoms with E-state index in [1.54, 1.807) is 6.20 Å². The minimum absolute atomic E-state index is 0.329. The van der Waals surface area contributed by atoms with E-state index in [-0.39, 0.29) is 0 Å². The van der Waals surface area contributed by atoms with Gasteiger partial charge in [-0.3, -0.25) is 0 Å². The van der Waals surface area contributed by atoms with Gasteiger partial charge >= 0.3 is 0 Å². The van der Waals surface area contributed by atoms with Gasteiger partial charge in [0.15, 0.2) is 0 Å². The maximum atomic E-state index is 5.66. The van der Waals surface area contributed by atoms with Crippen molar-refractivity contribution in [3.63, 3.8) is 0 Å². The Morgan fingerprint density at radius 1 is 1.50 bits per heavy atom. The molecule has 0 amide bonds. The molecule has 1 aromatic rings. The molecule has 0 bridgehead atoms. The lowest BCUT2D eigenvalue weighted by Gasteiger charge is -2.22. The zero-order chi connectivity index (χ0) is 8.23. The number of rotatable bonds is 2. The topological polar surface area (TPSA) is 31.4 Å². The van der Waals surface area contributed by atoms with Crippen LogP contribution in [0.4, 0.5) is 0 Å². The van der Waals surface area contributed by atoms with Crippen LogP contribution in [0.15, 0.2) is 11.6 Å². The van der Waals surface area contributed by atoms with Crippen molar-refractivity contribution < 1.29 is 9.47 Å². The van der Waals surface area contributed by atoms with E-state index in [0.29, 0.717) is 6.10 Å². The molecule has 2 rings (SSSR count). The summed E-state index contributed by atoms with van der Waals surface area (Å²) in [7, 11) is 0. The zero-order valence-corrected chi connectivity index (χ0v) is 7.55. The zero-order valence-electron chi connectivity index (χ0n) is 6.73. The molecule has 3 nitrogen and oxygen atoms in total. The Balaban J connectivity index is 1.86. The summed E-state index contributed by atoms with van der Waals surface area (Å²) >= 11 is 1.42. The number of hydrogen-bond donors (Lipinski definition) is 0. The fourth-order valence-electron chi connectivity index (χ4n) is 1.24. The predicted octanol–water partition coefficient (Wildman–Crippen LogP) is 1.70. The first kappa shape index (κ1) is 8.01. The quantitative estimate of drug-likeness (QED) is 0.702. The SMILES string of the molecule is c1nscc1OC1CCOCC1. The molecule has 0 saturated carbocycles. The molecule has 12 heavy (non-hydrogen) atoms. The summed E-state index contributed by atoms with van der Waals surface area (Å²) in [6, 6.07) is 0. The third-order valence-corrected chi connectivity index (χ3v) is 2.45. The molecule has 0 aromatic carbocycles. The third-order valence-electron chi connectivity index (χ3n) is 1.88. The second-order valence-electron chi connectivity index (χ2n) is 2.79. The molecule has 0 aliphatic carbocycles. The lowest BCUT2D eigenvalue weighted by atomic mass is 10.1. The van der Waals surface area contributed by atoms with Gasteiger partial charge in [0, 0.05) is 12.8 Å². The highest BCUT2D eigenvalue weighted by Crippen LogP contribution is 2.18. The average molecular weight is 185 g/mol. The highest BCUT2D eigenvalue weighted by molar-refractivity contribution is 7.03. The van der Waals surface area contributed by atoms with Crippen LogP contribution < -0.4 is 4.74 Å². The van der Waals surface area contributed by atoms with Crippen LogP contribution in [-0.4, -0.2) is 23.7 Å². The Morgan fingerprint density at radius 2 is 2.33 bits per heavy atom. The summed E-state index contributed by atoms with van der Waals surface area (Å²) in [5.74, 6) is 0.895.